The smallest absolute Gasteiger partial charge is 0.329 e. The molecule has 0 radical (unpaired) electrons. The van der Waals surface area contributed by atoms with Crippen LogP contribution in [-0.2, 0) is 16.4 Å². The van der Waals surface area contributed by atoms with Gasteiger partial charge in [0.25, 0.3) is 10.0 Å². The molecule has 0 saturated carbocycles. The summed E-state index contributed by atoms with van der Waals surface area (Å²) < 4.78 is 69.3. The molecule has 0 aliphatic carbocycles. The van der Waals surface area contributed by atoms with Gasteiger partial charge in [0.1, 0.15) is 17.5 Å². The van der Waals surface area contributed by atoms with E-state index in [1.165, 1.54) is 30.6 Å². The number of rotatable bonds is 7. The second-order valence-corrected chi connectivity index (χ2v) is 9.86. The summed E-state index contributed by atoms with van der Waals surface area (Å²) in [5, 5.41) is 2.54. The number of sulfonamides is 1. The zero-order chi connectivity index (χ0) is 26.6. The zero-order valence-corrected chi connectivity index (χ0v) is 20.3. The van der Waals surface area contributed by atoms with E-state index in [-0.39, 0.29) is 22.6 Å². The molecular weight excluding hydrogens is 505 g/mol. The van der Waals surface area contributed by atoms with Gasteiger partial charge in [-0.15, -0.1) is 0 Å². The highest BCUT2D eigenvalue weighted by atomic mass is 32.2. The van der Waals surface area contributed by atoms with E-state index in [0.29, 0.717) is 22.8 Å². The number of aryl methyl sites for hydroxylation is 1. The molecule has 1 atom stereocenters. The van der Waals surface area contributed by atoms with E-state index in [1.807, 2.05) is 4.72 Å². The van der Waals surface area contributed by atoms with Crippen LogP contribution in [0.4, 0.5) is 18.0 Å². The van der Waals surface area contributed by atoms with Crippen LogP contribution < -0.4 is 10.0 Å². The minimum atomic E-state index is -4.23. The summed E-state index contributed by atoms with van der Waals surface area (Å²) >= 11 is 0. The number of halogens is 3. The van der Waals surface area contributed by atoms with Crippen molar-refractivity contribution in [1.82, 2.24) is 20.0 Å². The van der Waals surface area contributed by atoms with Crippen LogP contribution in [0, 0.1) is 24.4 Å². The molecule has 4 rings (SSSR count). The minimum absolute atomic E-state index is 0.0849. The van der Waals surface area contributed by atoms with Crippen molar-refractivity contribution in [2.75, 3.05) is 0 Å². The monoisotopic (exact) mass is 526 g/mol. The van der Waals surface area contributed by atoms with Crippen LogP contribution in [0.15, 0.2) is 84.1 Å². The molecule has 2 N–H and O–H groups in total. The Morgan fingerprint density at radius 2 is 1.68 bits per heavy atom. The number of nitrogens with one attached hydrogen (secondary N) is 2. The maximum absolute atomic E-state index is 13.9. The van der Waals surface area contributed by atoms with Crippen LogP contribution in [0.2, 0.25) is 0 Å². The molecule has 4 aromatic rings. The first-order chi connectivity index (χ1) is 17.6. The largest absolute Gasteiger partial charge is 0.329 e. The summed E-state index contributed by atoms with van der Waals surface area (Å²) in [6.45, 7) is 1.58. The van der Waals surface area contributed by atoms with Gasteiger partial charge in [-0.2, -0.15) is 0 Å². The number of urea groups is 1. The first-order valence-corrected chi connectivity index (χ1v) is 12.5. The topological polar surface area (TPSA) is 101 Å². The van der Waals surface area contributed by atoms with Gasteiger partial charge in [0.15, 0.2) is 0 Å². The number of carbonyl (C=O) groups excluding carboxylic acids is 1. The molecule has 0 bridgehead atoms. The maximum Gasteiger partial charge on any atom is 0.329 e. The summed E-state index contributed by atoms with van der Waals surface area (Å²) in [5.41, 5.74) is 1.55. The van der Waals surface area contributed by atoms with Gasteiger partial charge in [0.05, 0.1) is 22.8 Å². The highest BCUT2D eigenvalue weighted by Crippen LogP contribution is 2.29. The van der Waals surface area contributed by atoms with Crippen LogP contribution in [0.3, 0.4) is 0 Å². The number of hydrogen-bond acceptors (Lipinski definition) is 5. The van der Waals surface area contributed by atoms with Crippen molar-refractivity contribution < 1.29 is 26.4 Å². The minimum Gasteiger partial charge on any atom is -0.329 e. The van der Waals surface area contributed by atoms with E-state index in [2.05, 4.69) is 15.3 Å². The van der Waals surface area contributed by atoms with Gasteiger partial charge in [-0.05, 0) is 54.8 Å². The lowest BCUT2D eigenvalue weighted by molar-refractivity contribution is 0.242. The molecule has 11 heteroatoms. The molecule has 190 valence electrons. The van der Waals surface area contributed by atoms with Gasteiger partial charge < -0.3 is 5.32 Å². The molecule has 2 heterocycles. The number of hydrogen-bond donors (Lipinski definition) is 2. The normalized spacial score (nSPS) is 12.1. The van der Waals surface area contributed by atoms with Gasteiger partial charge >= 0.3 is 6.03 Å². The third-order valence-corrected chi connectivity index (χ3v) is 6.95. The average molecular weight is 527 g/mol. The third-order valence-electron chi connectivity index (χ3n) is 5.46. The molecule has 0 saturated heterocycles. The zero-order valence-electron chi connectivity index (χ0n) is 19.5. The number of aromatic nitrogens is 2. The SMILES string of the molecule is Cc1ccccc1S(=O)(=O)NC(=O)N[C@H](Cc1cc(F)cc(F)c1)c1ncccc1-c1cncc(F)c1. The predicted molar refractivity (Wildman–Crippen MR) is 130 cm³/mol. The first kappa shape index (κ1) is 25.8. The first-order valence-electron chi connectivity index (χ1n) is 11.0. The second-order valence-electron chi connectivity index (χ2n) is 8.21. The van der Waals surface area contributed by atoms with Crippen molar-refractivity contribution in [2.45, 2.75) is 24.3 Å². The van der Waals surface area contributed by atoms with E-state index < -0.39 is 39.5 Å². The Labute approximate surface area is 211 Å². The fourth-order valence-corrected chi connectivity index (χ4v) is 5.06. The molecule has 2 aromatic carbocycles. The number of carbonyl (C=O) groups is 1. The van der Waals surface area contributed by atoms with Crippen LogP contribution in [-0.4, -0.2) is 24.4 Å². The van der Waals surface area contributed by atoms with Gasteiger partial charge in [-0.1, -0.05) is 24.3 Å². The van der Waals surface area contributed by atoms with Crippen LogP contribution >= 0.6 is 0 Å². The predicted octanol–water partition coefficient (Wildman–Crippen LogP) is 4.84. The van der Waals surface area contributed by atoms with Crippen molar-refractivity contribution >= 4 is 16.1 Å². The van der Waals surface area contributed by atoms with Crippen molar-refractivity contribution in [3.8, 4) is 11.1 Å². The molecule has 37 heavy (non-hydrogen) atoms. The van der Waals surface area contributed by atoms with Gasteiger partial charge in [-0.25, -0.2) is 31.1 Å². The summed E-state index contributed by atoms with van der Waals surface area (Å²) in [5.74, 6) is -2.25. The third kappa shape index (κ3) is 6.31. The highest BCUT2D eigenvalue weighted by molar-refractivity contribution is 7.90. The Kier molecular flexibility index (Phi) is 7.53. The standard InChI is InChI=1S/C26H21F3N4O3S/c1-16-5-2-3-7-24(16)37(35,36)33-26(34)32-23(11-17-9-19(27)13-20(28)10-17)25-22(6-4-8-31-25)18-12-21(29)15-30-14-18/h2-10,12-15,23H,11H2,1H3,(H2,32,33,34)/t23-/m1/s1. The Hall–Kier alpha value is -4.25. The van der Waals surface area contributed by atoms with Crippen molar-refractivity contribution in [3.63, 3.8) is 0 Å². The molecule has 2 aromatic heterocycles. The summed E-state index contributed by atoms with van der Waals surface area (Å²) in [4.78, 5) is 21.0. The Morgan fingerprint density at radius 3 is 2.38 bits per heavy atom. The van der Waals surface area contributed by atoms with E-state index >= 15 is 0 Å². The van der Waals surface area contributed by atoms with Crippen molar-refractivity contribution in [1.29, 1.82) is 0 Å². The molecule has 0 unspecified atom stereocenters. The second kappa shape index (κ2) is 10.8. The van der Waals surface area contributed by atoms with E-state index in [9.17, 15) is 26.4 Å². The van der Waals surface area contributed by atoms with Gasteiger partial charge in [0.2, 0.25) is 0 Å². The number of pyridine rings is 2. The lowest BCUT2D eigenvalue weighted by atomic mass is 9.96. The van der Waals surface area contributed by atoms with Gasteiger partial charge in [0, 0.05) is 29.6 Å². The highest BCUT2D eigenvalue weighted by Gasteiger charge is 2.25. The number of amides is 2. The van der Waals surface area contributed by atoms with E-state index in [0.717, 1.165) is 18.3 Å². The fourth-order valence-electron chi connectivity index (χ4n) is 3.90. The molecule has 0 aliphatic rings. The fraction of sp³-hybridized carbons (Fsp3) is 0.115. The summed E-state index contributed by atoms with van der Waals surface area (Å²) in [7, 11) is -4.23. The molecule has 2 amide bonds. The molecule has 0 aliphatic heterocycles. The average Bonchev–Trinajstić information content (AvgIpc) is 2.83. The van der Waals surface area contributed by atoms with E-state index in [4.69, 9.17) is 0 Å². The molecular formula is C26H21F3N4O3S. The van der Waals surface area contributed by atoms with Crippen LogP contribution in [0.25, 0.3) is 11.1 Å². The Balaban J connectivity index is 1.71. The van der Waals surface area contributed by atoms with Gasteiger partial charge in [-0.3, -0.25) is 9.97 Å². The maximum atomic E-state index is 13.9. The quantitative estimate of drug-likeness (QED) is 0.359. The molecule has 0 spiro atoms. The lowest BCUT2D eigenvalue weighted by Crippen LogP contribution is -2.42. The van der Waals surface area contributed by atoms with E-state index in [1.54, 1.807) is 31.2 Å². The van der Waals surface area contributed by atoms with Crippen molar-refractivity contribution in [2.24, 2.45) is 0 Å². The number of nitrogens with zero attached hydrogens (tertiary/aromatic N) is 2. The lowest BCUT2D eigenvalue weighted by Gasteiger charge is -2.22. The van der Waals surface area contributed by atoms with Crippen molar-refractivity contribution in [3.05, 3.63) is 114 Å². The molecule has 0 fully saturated rings. The number of benzene rings is 2. The molecule has 7 nitrogen and oxygen atoms in total. The summed E-state index contributed by atoms with van der Waals surface area (Å²) in [6, 6.07) is 11.3. The van der Waals surface area contributed by atoms with Crippen LogP contribution in [0.5, 0.6) is 0 Å². The summed E-state index contributed by atoms with van der Waals surface area (Å²) in [6.07, 6.45) is 3.69. The Morgan fingerprint density at radius 1 is 0.946 bits per heavy atom. The van der Waals surface area contributed by atoms with Crippen LogP contribution in [0.1, 0.15) is 22.9 Å². The Bertz CT molecular complexity index is 1540.